The summed E-state index contributed by atoms with van der Waals surface area (Å²) in [5.41, 5.74) is 6.49. The van der Waals surface area contributed by atoms with Crippen LogP contribution in [0, 0.1) is 25.7 Å². The van der Waals surface area contributed by atoms with E-state index in [4.69, 9.17) is 10.2 Å². The molecule has 1 saturated heterocycles. The number of likely N-dealkylation sites (tertiary alicyclic amines) is 1. The van der Waals surface area contributed by atoms with Crippen LogP contribution in [0.2, 0.25) is 0 Å². The van der Waals surface area contributed by atoms with E-state index in [1.54, 1.807) is 25.3 Å². The third-order valence-electron chi connectivity index (χ3n) is 7.08. The second-order valence-electron chi connectivity index (χ2n) is 9.39. The van der Waals surface area contributed by atoms with Crippen LogP contribution in [0.1, 0.15) is 64.4 Å². The number of nitrogen functional groups attached to an aromatic ring is 1. The molecule has 1 aliphatic heterocycles. The van der Waals surface area contributed by atoms with Gasteiger partial charge >= 0.3 is 6.18 Å². The SMILES string of the molecule is CCc1cnc(-c2ccc(C)nc2C(=O)N2CC3CC3CC2c2c(C(F)(F)F)cnc(N)c2C)o1. The molecule has 1 saturated carbocycles. The molecule has 184 valence electrons. The van der Waals surface area contributed by atoms with E-state index in [1.807, 2.05) is 6.92 Å². The Morgan fingerprint density at radius 2 is 1.94 bits per heavy atom. The molecule has 10 heteroatoms. The van der Waals surface area contributed by atoms with Gasteiger partial charge in [-0.05, 0) is 61.8 Å². The van der Waals surface area contributed by atoms with Gasteiger partial charge in [0.25, 0.3) is 5.91 Å². The van der Waals surface area contributed by atoms with Crippen LogP contribution in [0.15, 0.2) is 28.9 Å². The van der Waals surface area contributed by atoms with Crippen LogP contribution in [-0.4, -0.2) is 32.3 Å². The van der Waals surface area contributed by atoms with Crippen molar-refractivity contribution < 1.29 is 22.4 Å². The fraction of sp³-hybridized carbons (Fsp3) is 0.440. The van der Waals surface area contributed by atoms with Gasteiger partial charge in [0.05, 0.1) is 23.4 Å². The van der Waals surface area contributed by atoms with E-state index in [2.05, 4.69) is 15.0 Å². The van der Waals surface area contributed by atoms with Crippen LogP contribution in [0.4, 0.5) is 19.0 Å². The number of aryl methyl sites for hydroxylation is 2. The van der Waals surface area contributed by atoms with Crippen molar-refractivity contribution in [2.45, 2.75) is 52.3 Å². The molecule has 0 aromatic carbocycles. The molecule has 2 aliphatic rings. The summed E-state index contributed by atoms with van der Waals surface area (Å²) in [4.78, 5) is 28.1. The third kappa shape index (κ3) is 4.15. The number of fused-ring (bicyclic) bond motifs is 1. The van der Waals surface area contributed by atoms with Gasteiger partial charge in [-0.2, -0.15) is 13.2 Å². The van der Waals surface area contributed by atoms with Crippen LogP contribution in [0.5, 0.6) is 0 Å². The molecule has 1 amide bonds. The highest BCUT2D eigenvalue weighted by atomic mass is 19.4. The van der Waals surface area contributed by atoms with Crippen molar-refractivity contribution in [3.63, 3.8) is 0 Å². The summed E-state index contributed by atoms with van der Waals surface area (Å²) in [5, 5.41) is 0. The first-order chi connectivity index (χ1) is 16.6. The molecular formula is C25H26F3N5O2. The molecule has 7 nitrogen and oxygen atoms in total. The number of pyridine rings is 2. The first-order valence-electron chi connectivity index (χ1n) is 11.6. The molecule has 4 heterocycles. The molecule has 0 spiro atoms. The predicted octanol–water partition coefficient (Wildman–Crippen LogP) is 5.14. The maximum atomic E-state index is 14.0. The Balaban J connectivity index is 1.62. The molecule has 5 rings (SSSR count). The summed E-state index contributed by atoms with van der Waals surface area (Å²) in [6.45, 7) is 5.57. The number of amides is 1. The zero-order valence-electron chi connectivity index (χ0n) is 19.7. The van der Waals surface area contributed by atoms with Crippen molar-refractivity contribution in [1.82, 2.24) is 19.9 Å². The Morgan fingerprint density at radius 1 is 1.17 bits per heavy atom. The highest BCUT2D eigenvalue weighted by molar-refractivity contribution is 5.98. The second-order valence-corrected chi connectivity index (χ2v) is 9.39. The fourth-order valence-corrected chi connectivity index (χ4v) is 5.03. The van der Waals surface area contributed by atoms with Crippen molar-refractivity contribution in [3.05, 3.63) is 58.4 Å². The van der Waals surface area contributed by atoms with Gasteiger partial charge < -0.3 is 15.1 Å². The van der Waals surface area contributed by atoms with Crippen LogP contribution < -0.4 is 5.73 Å². The maximum absolute atomic E-state index is 14.0. The van der Waals surface area contributed by atoms with Crippen molar-refractivity contribution in [3.8, 4) is 11.5 Å². The number of aromatic nitrogens is 3. The van der Waals surface area contributed by atoms with Gasteiger partial charge in [-0.15, -0.1) is 0 Å². The van der Waals surface area contributed by atoms with Gasteiger partial charge in [-0.3, -0.25) is 4.79 Å². The maximum Gasteiger partial charge on any atom is 0.418 e. The zero-order chi connectivity index (χ0) is 25.1. The number of alkyl halides is 3. The number of piperidine rings is 1. The lowest BCUT2D eigenvalue weighted by atomic mass is 9.88. The molecule has 2 fully saturated rings. The normalized spacial score (nSPS) is 21.7. The molecule has 3 unspecified atom stereocenters. The highest BCUT2D eigenvalue weighted by Gasteiger charge is 2.50. The number of rotatable bonds is 4. The minimum atomic E-state index is -4.63. The summed E-state index contributed by atoms with van der Waals surface area (Å²) in [7, 11) is 0. The average molecular weight is 486 g/mol. The number of halogens is 3. The molecule has 0 bridgehead atoms. The summed E-state index contributed by atoms with van der Waals surface area (Å²) in [6, 6.07) is 2.68. The largest absolute Gasteiger partial charge is 0.441 e. The van der Waals surface area contributed by atoms with E-state index in [0.29, 0.717) is 36.4 Å². The van der Waals surface area contributed by atoms with Crippen LogP contribution in [0.3, 0.4) is 0 Å². The van der Waals surface area contributed by atoms with Gasteiger partial charge in [0, 0.05) is 24.9 Å². The molecule has 2 N–H and O–H groups in total. The van der Waals surface area contributed by atoms with E-state index in [0.717, 1.165) is 12.6 Å². The molecule has 3 aromatic rings. The quantitative estimate of drug-likeness (QED) is 0.550. The average Bonchev–Trinajstić information content (AvgIpc) is 3.42. The van der Waals surface area contributed by atoms with Gasteiger partial charge in [-0.25, -0.2) is 15.0 Å². The topological polar surface area (TPSA) is 98.1 Å². The number of carbonyl (C=O) groups is 1. The first-order valence-corrected chi connectivity index (χ1v) is 11.6. The van der Waals surface area contributed by atoms with E-state index in [-0.39, 0.29) is 40.4 Å². The Kier molecular flexibility index (Phi) is 5.56. The monoisotopic (exact) mass is 485 g/mol. The van der Waals surface area contributed by atoms with Gasteiger partial charge in [0.1, 0.15) is 17.3 Å². The van der Waals surface area contributed by atoms with Crippen LogP contribution in [0.25, 0.3) is 11.5 Å². The summed E-state index contributed by atoms with van der Waals surface area (Å²) >= 11 is 0. The third-order valence-corrected chi connectivity index (χ3v) is 7.08. The van der Waals surface area contributed by atoms with Gasteiger partial charge in [0.2, 0.25) is 5.89 Å². The molecular weight excluding hydrogens is 459 g/mol. The zero-order valence-corrected chi connectivity index (χ0v) is 19.7. The minimum absolute atomic E-state index is 0.0160. The van der Waals surface area contributed by atoms with Crippen molar-refractivity contribution in [2.75, 3.05) is 12.3 Å². The molecule has 3 aromatic heterocycles. The minimum Gasteiger partial charge on any atom is -0.441 e. The Bertz CT molecular complexity index is 1300. The van der Waals surface area contributed by atoms with Crippen molar-refractivity contribution >= 4 is 11.7 Å². The number of hydrogen-bond acceptors (Lipinski definition) is 6. The lowest BCUT2D eigenvalue weighted by molar-refractivity contribution is -0.139. The van der Waals surface area contributed by atoms with Gasteiger partial charge in [0.15, 0.2) is 0 Å². The molecule has 3 atom stereocenters. The van der Waals surface area contributed by atoms with E-state index < -0.39 is 23.7 Å². The highest BCUT2D eigenvalue weighted by Crippen LogP contribution is 2.53. The Labute approximate surface area is 200 Å². The van der Waals surface area contributed by atoms with Gasteiger partial charge in [-0.1, -0.05) is 6.92 Å². The Hall–Kier alpha value is -3.43. The lowest BCUT2D eigenvalue weighted by Gasteiger charge is -2.38. The lowest BCUT2D eigenvalue weighted by Crippen LogP contribution is -2.41. The fourth-order valence-electron chi connectivity index (χ4n) is 5.03. The number of oxazole rings is 1. The number of anilines is 1. The van der Waals surface area contributed by atoms with Crippen LogP contribution in [-0.2, 0) is 12.6 Å². The number of hydrogen-bond donors (Lipinski definition) is 1. The predicted molar refractivity (Wildman–Crippen MR) is 122 cm³/mol. The number of carbonyl (C=O) groups excluding carboxylic acids is 1. The van der Waals surface area contributed by atoms with E-state index in [1.165, 1.54) is 11.8 Å². The van der Waals surface area contributed by atoms with Crippen molar-refractivity contribution in [1.29, 1.82) is 0 Å². The number of nitrogens with zero attached hydrogens (tertiary/aromatic N) is 4. The van der Waals surface area contributed by atoms with E-state index >= 15 is 0 Å². The molecule has 0 radical (unpaired) electrons. The van der Waals surface area contributed by atoms with E-state index in [9.17, 15) is 18.0 Å². The number of nitrogens with two attached hydrogens (primary N) is 1. The summed E-state index contributed by atoms with van der Waals surface area (Å²) in [6.07, 6.45) is -0.304. The second kappa shape index (κ2) is 8.35. The molecule has 35 heavy (non-hydrogen) atoms. The Morgan fingerprint density at radius 3 is 2.63 bits per heavy atom. The standard InChI is InChI=1S/C25H26F3N5O2/c1-4-16-9-31-23(35-16)17-6-5-12(2)32-21(17)24(34)33-11-15-7-14(15)8-19(33)20-13(3)22(29)30-10-18(20)25(26,27)28/h5-6,9-10,14-15,19H,4,7-8,11H2,1-3H3,(H2,29,30). The summed E-state index contributed by atoms with van der Waals surface area (Å²) in [5.74, 6) is 1.05. The first kappa shape index (κ1) is 23.3. The van der Waals surface area contributed by atoms with Crippen LogP contribution >= 0.6 is 0 Å². The van der Waals surface area contributed by atoms with Crippen molar-refractivity contribution in [2.24, 2.45) is 11.8 Å². The summed E-state index contributed by atoms with van der Waals surface area (Å²) < 4.78 is 47.9. The smallest absolute Gasteiger partial charge is 0.418 e. The molecule has 1 aliphatic carbocycles.